The van der Waals surface area contributed by atoms with Crippen LogP contribution in [0.25, 0.3) is 0 Å². The number of rotatable bonds is 4. The molecule has 1 aliphatic heterocycles. The van der Waals surface area contributed by atoms with Crippen LogP contribution in [0.4, 0.5) is 0 Å². The summed E-state index contributed by atoms with van der Waals surface area (Å²) in [4.78, 5) is 23.9. The van der Waals surface area contributed by atoms with Crippen molar-refractivity contribution in [3.63, 3.8) is 0 Å². The van der Waals surface area contributed by atoms with Crippen LogP contribution < -0.4 is 0 Å². The number of thioether (sulfide) groups is 2. The molecular formula is C10H17NO3S2. The van der Waals surface area contributed by atoms with Crippen LogP contribution in [-0.4, -0.2) is 57.0 Å². The van der Waals surface area contributed by atoms with E-state index in [-0.39, 0.29) is 17.4 Å². The Hall–Kier alpha value is -0.360. The molecule has 0 aromatic rings. The van der Waals surface area contributed by atoms with E-state index in [2.05, 4.69) is 13.8 Å². The zero-order chi connectivity index (χ0) is 12.1. The monoisotopic (exact) mass is 263 g/mol. The largest absolute Gasteiger partial charge is 0.481 e. The summed E-state index contributed by atoms with van der Waals surface area (Å²) < 4.78 is 0. The molecule has 6 heteroatoms. The quantitative estimate of drug-likeness (QED) is 0.825. The first-order valence-electron chi connectivity index (χ1n) is 5.21. The van der Waals surface area contributed by atoms with Crippen molar-refractivity contribution < 1.29 is 14.7 Å². The average Bonchev–Trinajstić information content (AvgIpc) is 2.15. The van der Waals surface area contributed by atoms with Crippen molar-refractivity contribution in [3.8, 4) is 0 Å². The molecule has 0 radical (unpaired) electrons. The summed E-state index contributed by atoms with van der Waals surface area (Å²) in [5, 5.41) is 9.41. The van der Waals surface area contributed by atoms with Gasteiger partial charge in [0, 0.05) is 23.6 Å². The van der Waals surface area contributed by atoms with Crippen molar-refractivity contribution in [1.82, 2.24) is 4.90 Å². The van der Waals surface area contributed by atoms with E-state index >= 15 is 0 Å². The van der Waals surface area contributed by atoms with Crippen LogP contribution in [0.1, 0.15) is 13.8 Å². The third-order valence-electron chi connectivity index (χ3n) is 2.22. The Labute approximate surface area is 104 Å². The van der Waals surface area contributed by atoms with Crippen molar-refractivity contribution >= 4 is 35.4 Å². The topological polar surface area (TPSA) is 57.6 Å². The van der Waals surface area contributed by atoms with E-state index in [1.54, 1.807) is 0 Å². The smallest absolute Gasteiger partial charge is 0.313 e. The fourth-order valence-corrected chi connectivity index (χ4v) is 3.66. The Morgan fingerprint density at radius 3 is 2.38 bits per heavy atom. The molecule has 0 bridgehead atoms. The van der Waals surface area contributed by atoms with Gasteiger partial charge in [0.2, 0.25) is 5.91 Å². The molecule has 1 N–H and O–H groups in total. The minimum atomic E-state index is -0.867. The van der Waals surface area contributed by atoms with Crippen molar-refractivity contribution in [2.45, 2.75) is 24.3 Å². The molecule has 1 fully saturated rings. The second-order valence-electron chi connectivity index (χ2n) is 3.94. The maximum absolute atomic E-state index is 11.8. The molecule has 0 saturated carbocycles. The first-order valence-corrected chi connectivity index (χ1v) is 7.31. The molecule has 4 nitrogen and oxygen atoms in total. The molecular weight excluding hydrogens is 246 g/mol. The van der Waals surface area contributed by atoms with E-state index in [0.29, 0.717) is 10.5 Å². The minimum Gasteiger partial charge on any atom is -0.481 e. The summed E-state index contributed by atoms with van der Waals surface area (Å²) >= 11 is 3.06. The Balaban J connectivity index is 2.32. The highest BCUT2D eigenvalue weighted by Gasteiger charge is 2.25. The highest BCUT2D eigenvalue weighted by Crippen LogP contribution is 2.24. The number of aliphatic carboxylic acids is 1. The molecule has 0 aliphatic carbocycles. The van der Waals surface area contributed by atoms with E-state index in [4.69, 9.17) is 5.11 Å². The van der Waals surface area contributed by atoms with Crippen LogP contribution in [0, 0.1) is 0 Å². The normalized spacial score (nSPS) is 25.5. The van der Waals surface area contributed by atoms with Crippen LogP contribution in [0.15, 0.2) is 0 Å². The van der Waals surface area contributed by atoms with Crippen LogP contribution >= 0.6 is 23.5 Å². The third kappa shape index (κ3) is 4.65. The van der Waals surface area contributed by atoms with Gasteiger partial charge >= 0.3 is 5.97 Å². The number of carbonyl (C=O) groups is 2. The summed E-state index contributed by atoms with van der Waals surface area (Å²) in [6.07, 6.45) is 0. The van der Waals surface area contributed by atoms with E-state index in [1.165, 1.54) is 11.8 Å². The van der Waals surface area contributed by atoms with Crippen LogP contribution in [0.2, 0.25) is 0 Å². The molecule has 2 atom stereocenters. The zero-order valence-corrected chi connectivity index (χ0v) is 11.1. The molecule has 0 spiro atoms. The Morgan fingerprint density at radius 1 is 1.31 bits per heavy atom. The Morgan fingerprint density at radius 2 is 1.88 bits per heavy atom. The van der Waals surface area contributed by atoms with E-state index in [0.717, 1.165) is 13.1 Å². The van der Waals surface area contributed by atoms with Crippen molar-refractivity contribution in [2.75, 3.05) is 24.6 Å². The standard InChI is InChI=1S/C10H17NO3S2/c1-7-3-11(4-8(2)16-7)9(12)5-15-6-10(13)14/h7-8H,3-6H2,1-2H3,(H,13,14). The lowest BCUT2D eigenvalue weighted by Gasteiger charge is -2.34. The molecule has 92 valence electrons. The maximum Gasteiger partial charge on any atom is 0.313 e. The number of carboxylic acids is 1. The van der Waals surface area contributed by atoms with Gasteiger partial charge in [-0.05, 0) is 0 Å². The maximum atomic E-state index is 11.8. The van der Waals surface area contributed by atoms with Crippen molar-refractivity contribution in [2.24, 2.45) is 0 Å². The number of carbonyl (C=O) groups excluding carboxylic acids is 1. The van der Waals surface area contributed by atoms with Gasteiger partial charge in [0.05, 0.1) is 11.5 Å². The molecule has 1 aliphatic rings. The predicted molar refractivity (Wildman–Crippen MR) is 68.1 cm³/mol. The lowest BCUT2D eigenvalue weighted by Crippen LogP contribution is -2.44. The fourth-order valence-electron chi connectivity index (χ4n) is 1.70. The number of nitrogens with zero attached hydrogens (tertiary/aromatic N) is 1. The first-order chi connectivity index (χ1) is 7.49. The highest BCUT2D eigenvalue weighted by atomic mass is 32.2. The lowest BCUT2D eigenvalue weighted by atomic mass is 10.3. The lowest BCUT2D eigenvalue weighted by molar-refractivity contribution is -0.133. The molecule has 0 aromatic carbocycles. The van der Waals surface area contributed by atoms with E-state index < -0.39 is 5.97 Å². The van der Waals surface area contributed by atoms with E-state index in [1.807, 2.05) is 16.7 Å². The van der Waals surface area contributed by atoms with E-state index in [9.17, 15) is 9.59 Å². The van der Waals surface area contributed by atoms with Crippen LogP contribution in [0.5, 0.6) is 0 Å². The number of carboxylic acid groups (broad SMARTS) is 1. The van der Waals surface area contributed by atoms with Gasteiger partial charge in [-0.3, -0.25) is 9.59 Å². The molecule has 1 amide bonds. The van der Waals surface area contributed by atoms with Crippen LogP contribution in [-0.2, 0) is 9.59 Å². The summed E-state index contributed by atoms with van der Waals surface area (Å²) in [6, 6.07) is 0. The second-order valence-corrected chi connectivity index (χ2v) is 6.81. The average molecular weight is 263 g/mol. The first kappa shape index (κ1) is 13.7. The number of amides is 1. The summed E-state index contributed by atoms with van der Waals surface area (Å²) in [5.41, 5.74) is 0. The zero-order valence-electron chi connectivity index (χ0n) is 9.51. The van der Waals surface area contributed by atoms with Gasteiger partial charge in [0.25, 0.3) is 0 Å². The van der Waals surface area contributed by atoms with Gasteiger partial charge in [-0.15, -0.1) is 11.8 Å². The molecule has 2 unspecified atom stereocenters. The van der Waals surface area contributed by atoms with Gasteiger partial charge in [0.15, 0.2) is 0 Å². The fraction of sp³-hybridized carbons (Fsp3) is 0.800. The number of hydrogen-bond donors (Lipinski definition) is 1. The summed E-state index contributed by atoms with van der Waals surface area (Å²) in [6.45, 7) is 5.79. The van der Waals surface area contributed by atoms with Gasteiger partial charge in [-0.2, -0.15) is 11.8 Å². The number of hydrogen-bond acceptors (Lipinski definition) is 4. The van der Waals surface area contributed by atoms with Crippen molar-refractivity contribution in [3.05, 3.63) is 0 Å². The SMILES string of the molecule is CC1CN(C(=O)CSCC(=O)O)CC(C)S1. The molecule has 16 heavy (non-hydrogen) atoms. The summed E-state index contributed by atoms with van der Waals surface area (Å²) in [7, 11) is 0. The van der Waals surface area contributed by atoms with Crippen LogP contribution in [0.3, 0.4) is 0 Å². The van der Waals surface area contributed by atoms with Gasteiger partial charge in [-0.1, -0.05) is 13.8 Å². The predicted octanol–water partition coefficient (Wildman–Crippen LogP) is 1.16. The Bertz CT molecular complexity index is 263. The van der Waals surface area contributed by atoms with Gasteiger partial charge in [-0.25, -0.2) is 0 Å². The summed E-state index contributed by atoms with van der Waals surface area (Å²) in [5.74, 6) is -0.533. The molecule has 1 rings (SSSR count). The second kappa shape index (κ2) is 6.39. The van der Waals surface area contributed by atoms with Gasteiger partial charge < -0.3 is 10.0 Å². The minimum absolute atomic E-state index is 0.000558. The molecule has 1 saturated heterocycles. The molecule has 0 aromatic heterocycles. The Kier molecular flexibility index (Phi) is 5.48. The third-order valence-corrected chi connectivity index (χ3v) is 4.35. The van der Waals surface area contributed by atoms with Gasteiger partial charge in [0.1, 0.15) is 0 Å². The van der Waals surface area contributed by atoms with Crippen molar-refractivity contribution in [1.29, 1.82) is 0 Å². The molecule has 1 heterocycles. The highest BCUT2D eigenvalue weighted by molar-refractivity contribution is 8.00.